The van der Waals surface area contributed by atoms with E-state index < -0.39 is 18.6 Å². The SMILES string of the molecule is C[C@H](O)c1ccc(OCCCF)c(F)c1. The average Bonchev–Trinajstić information content (AvgIpc) is 2.20. The van der Waals surface area contributed by atoms with Crippen LogP contribution in [0.3, 0.4) is 0 Å². The number of benzene rings is 1. The van der Waals surface area contributed by atoms with Gasteiger partial charge >= 0.3 is 0 Å². The Morgan fingerprint density at radius 2 is 2.20 bits per heavy atom. The molecule has 1 aromatic rings. The van der Waals surface area contributed by atoms with Crippen molar-refractivity contribution in [2.45, 2.75) is 19.4 Å². The van der Waals surface area contributed by atoms with Gasteiger partial charge in [-0.3, -0.25) is 4.39 Å². The topological polar surface area (TPSA) is 29.5 Å². The maximum atomic E-state index is 13.3. The van der Waals surface area contributed by atoms with E-state index >= 15 is 0 Å². The lowest BCUT2D eigenvalue weighted by molar-refractivity contribution is 0.198. The van der Waals surface area contributed by atoms with Gasteiger partial charge < -0.3 is 9.84 Å². The van der Waals surface area contributed by atoms with Crippen LogP contribution in [0.2, 0.25) is 0 Å². The first-order valence-corrected chi connectivity index (χ1v) is 4.81. The van der Waals surface area contributed by atoms with E-state index in [1.54, 1.807) is 13.0 Å². The molecular weight excluding hydrogens is 202 g/mol. The van der Waals surface area contributed by atoms with Gasteiger partial charge in [-0.15, -0.1) is 0 Å². The molecule has 0 fully saturated rings. The van der Waals surface area contributed by atoms with Crippen LogP contribution in [0, 0.1) is 5.82 Å². The predicted octanol–water partition coefficient (Wildman–Crippen LogP) is 2.62. The van der Waals surface area contributed by atoms with Crippen LogP contribution in [-0.2, 0) is 0 Å². The third-order valence-corrected chi connectivity index (χ3v) is 1.97. The molecule has 1 atom stereocenters. The first-order valence-electron chi connectivity index (χ1n) is 4.81. The summed E-state index contributed by atoms with van der Waals surface area (Å²) in [6.45, 7) is 1.23. The number of ether oxygens (including phenoxy) is 1. The second kappa shape index (κ2) is 5.66. The Labute approximate surface area is 87.5 Å². The van der Waals surface area contributed by atoms with Crippen LogP contribution in [0.5, 0.6) is 5.75 Å². The van der Waals surface area contributed by atoms with Crippen molar-refractivity contribution in [2.24, 2.45) is 0 Å². The lowest BCUT2D eigenvalue weighted by Gasteiger charge is -2.09. The van der Waals surface area contributed by atoms with Crippen LogP contribution in [0.1, 0.15) is 25.0 Å². The number of halogens is 2. The number of hydrogen-bond donors (Lipinski definition) is 1. The summed E-state index contributed by atoms with van der Waals surface area (Å²) in [5.74, 6) is -0.444. The first-order chi connectivity index (χ1) is 7.15. The molecule has 0 unspecified atom stereocenters. The summed E-state index contributed by atoms with van der Waals surface area (Å²) >= 11 is 0. The van der Waals surface area contributed by atoms with Crippen molar-refractivity contribution >= 4 is 0 Å². The van der Waals surface area contributed by atoms with Crippen molar-refractivity contribution < 1.29 is 18.6 Å². The fourth-order valence-corrected chi connectivity index (χ4v) is 1.13. The van der Waals surface area contributed by atoms with E-state index in [1.165, 1.54) is 12.1 Å². The Hall–Kier alpha value is -1.16. The Bertz CT molecular complexity index is 313. The fourth-order valence-electron chi connectivity index (χ4n) is 1.13. The van der Waals surface area contributed by atoms with Gasteiger partial charge in [0.2, 0.25) is 0 Å². The lowest BCUT2D eigenvalue weighted by atomic mass is 10.1. The summed E-state index contributed by atoms with van der Waals surface area (Å²) in [6.07, 6.45) is -0.461. The quantitative estimate of drug-likeness (QED) is 0.766. The molecule has 4 heteroatoms. The zero-order valence-corrected chi connectivity index (χ0v) is 8.54. The fraction of sp³-hybridized carbons (Fsp3) is 0.455. The minimum Gasteiger partial charge on any atom is -0.490 e. The van der Waals surface area contributed by atoms with Crippen LogP contribution in [0.4, 0.5) is 8.78 Å². The van der Waals surface area contributed by atoms with Crippen LogP contribution >= 0.6 is 0 Å². The highest BCUT2D eigenvalue weighted by Gasteiger charge is 2.07. The molecule has 15 heavy (non-hydrogen) atoms. The van der Waals surface area contributed by atoms with Crippen molar-refractivity contribution in [3.63, 3.8) is 0 Å². The molecule has 0 aromatic heterocycles. The van der Waals surface area contributed by atoms with Gasteiger partial charge in [0, 0.05) is 6.42 Å². The zero-order valence-electron chi connectivity index (χ0n) is 8.54. The molecule has 0 spiro atoms. The highest BCUT2D eigenvalue weighted by Crippen LogP contribution is 2.21. The maximum Gasteiger partial charge on any atom is 0.165 e. The summed E-state index contributed by atoms with van der Waals surface area (Å²) in [4.78, 5) is 0. The van der Waals surface area contributed by atoms with Gasteiger partial charge in [-0.1, -0.05) is 6.07 Å². The second-order valence-corrected chi connectivity index (χ2v) is 3.26. The molecule has 2 nitrogen and oxygen atoms in total. The molecule has 0 aliphatic heterocycles. The highest BCUT2D eigenvalue weighted by atomic mass is 19.1. The molecule has 0 saturated heterocycles. The average molecular weight is 216 g/mol. The standard InChI is InChI=1S/C11H14F2O2/c1-8(14)9-3-4-11(10(13)7-9)15-6-2-5-12/h3-4,7-8,14H,2,5-6H2,1H3/t8-/m0/s1. The van der Waals surface area contributed by atoms with Crippen LogP contribution < -0.4 is 4.74 Å². The molecular formula is C11H14F2O2. The van der Waals surface area contributed by atoms with E-state index in [9.17, 15) is 13.9 Å². The van der Waals surface area contributed by atoms with Gasteiger partial charge in [0.25, 0.3) is 0 Å². The highest BCUT2D eigenvalue weighted by molar-refractivity contribution is 5.30. The molecule has 0 radical (unpaired) electrons. The monoisotopic (exact) mass is 216 g/mol. The van der Waals surface area contributed by atoms with Crippen molar-refractivity contribution in [1.82, 2.24) is 0 Å². The Balaban J connectivity index is 2.66. The van der Waals surface area contributed by atoms with E-state index in [0.29, 0.717) is 5.56 Å². The second-order valence-electron chi connectivity index (χ2n) is 3.26. The van der Waals surface area contributed by atoms with Crippen LogP contribution in [0.25, 0.3) is 0 Å². The van der Waals surface area contributed by atoms with Crippen LogP contribution in [0.15, 0.2) is 18.2 Å². The van der Waals surface area contributed by atoms with E-state index in [2.05, 4.69) is 0 Å². The molecule has 1 rings (SSSR count). The smallest absolute Gasteiger partial charge is 0.165 e. The molecule has 0 aliphatic carbocycles. The molecule has 0 saturated carbocycles. The third kappa shape index (κ3) is 3.47. The van der Waals surface area contributed by atoms with Crippen molar-refractivity contribution in [3.8, 4) is 5.75 Å². The largest absolute Gasteiger partial charge is 0.490 e. The van der Waals surface area contributed by atoms with E-state index in [0.717, 1.165) is 0 Å². The molecule has 0 bridgehead atoms. The van der Waals surface area contributed by atoms with Gasteiger partial charge in [0.05, 0.1) is 19.4 Å². The summed E-state index contributed by atoms with van der Waals surface area (Å²) in [7, 11) is 0. The first kappa shape index (κ1) is 11.9. The minimum atomic E-state index is -0.709. The third-order valence-electron chi connectivity index (χ3n) is 1.97. The van der Waals surface area contributed by atoms with Crippen molar-refractivity contribution in [2.75, 3.05) is 13.3 Å². The van der Waals surface area contributed by atoms with Crippen molar-refractivity contribution in [1.29, 1.82) is 0 Å². The van der Waals surface area contributed by atoms with Gasteiger partial charge in [-0.25, -0.2) is 4.39 Å². The van der Waals surface area contributed by atoms with Gasteiger partial charge in [-0.2, -0.15) is 0 Å². The normalized spacial score (nSPS) is 12.5. The number of aliphatic hydroxyl groups is 1. The summed E-state index contributed by atoms with van der Waals surface area (Å²) in [5.41, 5.74) is 0.491. The maximum absolute atomic E-state index is 13.3. The Morgan fingerprint density at radius 3 is 2.73 bits per heavy atom. The van der Waals surface area contributed by atoms with Gasteiger partial charge in [0.1, 0.15) is 0 Å². The number of rotatable bonds is 5. The van der Waals surface area contributed by atoms with Gasteiger partial charge in [-0.05, 0) is 24.6 Å². The summed E-state index contributed by atoms with van der Waals surface area (Å²) in [5, 5.41) is 9.20. The Morgan fingerprint density at radius 1 is 1.47 bits per heavy atom. The molecule has 0 amide bonds. The predicted molar refractivity (Wildman–Crippen MR) is 53.1 cm³/mol. The Kier molecular flexibility index (Phi) is 4.49. The molecule has 84 valence electrons. The lowest BCUT2D eigenvalue weighted by Crippen LogP contribution is -2.01. The van der Waals surface area contributed by atoms with Crippen LogP contribution in [-0.4, -0.2) is 18.4 Å². The number of hydrogen-bond acceptors (Lipinski definition) is 2. The van der Waals surface area contributed by atoms with Crippen molar-refractivity contribution in [3.05, 3.63) is 29.6 Å². The minimum absolute atomic E-state index is 0.0906. The van der Waals surface area contributed by atoms with E-state index in [1.807, 2.05) is 0 Å². The number of alkyl halides is 1. The molecule has 0 aliphatic rings. The van der Waals surface area contributed by atoms with E-state index in [-0.39, 0.29) is 18.8 Å². The molecule has 0 heterocycles. The van der Waals surface area contributed by atoms with Gasteiger partial charge in [0.15, 0.2) is 11.6 Å². The number of aliphatic hydroxyl groups excluding tert-OH is 1. The zero-order chi connectivity index (χ0) is 11.3. The van der Waals surface area contributed by atoms with E-state index in [4.69, 9.17) is 4.74 Å². The molecule has 1 N–H and O–H groups in total. The summed E-state index contributed by atoms with van der Waals surface area (Å²) < 4.78 is 30.1. The molecule has 1 aromatic carbocycles. The summed E-state index contributed by atoms with van der Waals surface area (Å²) in [6, 6.07) is 4.24.